The van der Waals surface area contributed by atoms with Crippen molar-refractivity contribution in [3.05, 3.63) is 29.8 Å². The number of halogens is 1. The number of carbonyl (C=O) groups excluding carboxylic acids is 1. The van der Waals surface area contributed by atoms with Crippen molar-refractivity contribution in [1.82, 2.24) is 10.2 Å². The molecule has 1 aromatic carbocycles. The first kappa shape index (κ1) is 21.5. The van der Waals surface area contributed by atoms with Gasteiger partial charge in [-0.15, -0.1) is 24.0 Å². The number of ether oxygens (including phenoxy) is 2. The zero-order valence-electron chi connectivity index (χ0n) is 15.2. The fraction of sp³-hybridized carbons (Fsp3) is 0.556. The summed E-state index contributed by atoms with van der Waals surface area (Å²) >= 11 is 0. The van der Waals surface area contributed by atoms with Gasteiger partial charge in [-0.25, -0.2) is 0 Å². The van der Waals surface area contributed by atoms with Gasteiger partial charge >= 0.3 is 5.97 Å². The molecule has 1 aliphatic heterocycles. The maximum absolute atomic E-state index is 11.6. The van der Waals surface area contributed by atoms with Crippen molar-refractivity contribution in [2.75, 3.05) is 40.9 Å². The van der Waals surface area contributed by atoms with Gasteiger partial charge in [0.25, 0.3) is 0 Å². The second-order valence-electron chi connectivity index (χ2n) is 5.86. The normalized spacial score (nSPS) is 15.3. The van der Waals surface area contributed by atoms with Crippen LogP contribution in [0.2, 0.25) is 0 Å². The number of aliphatic imine (C=N–C) groups is 1. The average Bonchev–Trinajstić information content (AvgIpc) is 2.65. The molecule has 1 fully saturated rings. The zero-order chi connectivity index (χ0) is 17.4. The minimum absolute atomic E-state index is 0. The van der Waals surface area contributed by atoms with Crippen molar-refractivity contribution < 1.29 is 14.3 Å². The van der Waals surface area contributed by atoms with Gasteiger partial charge in [0.15, 0.2) is 5.96 Å². The van der Waals surface area contributed by atoms with Crippen LogP contribution in [0.3, 0.4) is 0 Å². The lowest BCUT2D eigenvalue weighted by atomic mass is 9.97. The monoisotopic (exact) mass is 461 g/mol. The van der Waals surface area contributed by atoms with Gasteiger partial charge < -0.3 is 19.7 Å². The van der Waals surface area contributed by atoms with Crippen molar-refractivity contribution in [2.45, 2.75) is 19.3 Å². The fourth-order valence-corrected chi connectivity index (χ4v) is 2.97. The molecular formula is C18H28IN3O3. The number of esters is 1. The quantitative estimate of drug-likeness (QED) is 0.316. The number of hydrogen-bond donors (Lipinski definition) is 1. The van der Waals surface area contributed by atoms with E-state index in [0.717, 1.165) is 50.6 Å². The van der Waals surface area contributed by atoms with Crippen molar-refractivity contribution in [2.24, 2.45) is 10.9 Å². The number of likely N-dealkylation sites (tertiary alicyclic amines) is 1. The molecule has 0 atom stereocenters. The summed E-state index contributed by atoms with van der Waals surface area (Å²) in [6.45, 7) is 2.44. The van der Waals surface area contributed by atoms with Crippen LogP contribution in [0.4, 0.5) is 0 Å². The lowest BCUT2D eigenvalue weighted by Crippen LogP contribution is -2.47. The number of rotatable bonds is 5. The molecule has 1 aromatic rings. The van der Waals surface area contributed by atoms with Gasteiger partial charge in [-0.05, 0) is 37.0 Å². The second-order valence-corrected chi connectivity index (χ2v) is 5.86. The van der Waals surface area contributed by atoms with Crippen LogP contribution in [-0.2, 0) is 16.0 Å². The van der Waals surface area contributed by atoms with E-state index in [0.29, 0.717) is 0 Å². The van der Waals surface area contributed by atoms with Crippen molar-refractivity contribution in [1.29, 1.82) is 0 Å². The molecule has 0 aromatic heterocycles. The Balaban J connectivity index is 0.00000312. The summed E-state index contributed by atoms with van der Waals surface area (Å²) in [6, 6.07) is 8.09. The summed E-state index contributed by atoms with van der Waals surface area (Å²) in [5, 5.41) is 3.40. The van der Waals surface area contributed by atoms with E-state index in [9.17, 15) is 4.79 Å². The van der Waals surface area contributed by atoms with E-state index in [1.807, 2.05) is 18.2 Å². The van der Waals surface area contributed by atoms with E-state index in [4.69, 9.17) is 9.47 Å². The van der Waals surface area contributed by atoms with E-state index in [-0.39, 0.29) is 35.9 Å². The third kappa shape index (κ3) is 6.37. The van der Waals surface area contributed by atoms with Gasteiger partial charge in [0.2, 0.25) is 0 Å². The van der Waals surface area contributed by atoms with Gasteiger partial charge in [-0.1, -0.05) is 12.1 Å². The number of nitrogens with one attached hydrogen (secondary N) is 1. The second kappa shape index (κ2) is 11.2. The standard InChI is InChI=1S/C18H27N3O3.HI/c1-19-18(21-11-8-15(9-12-21)17(22)24-3)20-10-7-14-5-4-6-16(13-14)23-2;/h4-6,13,15H,7-12H2,1-3H3,(H,19,20);1H. The van der Waals surface area contributed by atoms with Crippen LogP contribution in [0.1, 0.15) is 18.4 Å². The van der Waals surface area contributed by atoms with Crippen LogP contribution in [0.15, 0.2) is 29.3 Å². The molecule has 6 nitrogen and oxygen atoms in total. The minimum Gasteiger partial charge on any atom is -0.497 e. The van der Waals surface area contributed by atoms with Gasteiger partial charge in [0.1, 0.15) is 5.75 Å². The highest BCUT2D eigenvalue weighted by Crippen LogP contribution is 2.18. The van der Waals surface area contributed by atoms with Gasteiger partial charge in [0.05, 0.1) is 20.1 Å². The number of guanidine groups is 1. The Hall–Kier alpha value is -1.51. The number of methoxy groups -OCH3 is 2. The van der Waals surface area contributed by atoms with E-state index in [1.165, 1.54) is 12.7 Å². The predicted octanol–water partition coefficient (Wildman–Crippen LogP) is 2.32. The summed E-state index contributed by atoms with van der Waals surface area (Å²) < 4.78 is 10.1. The Morgan fingerprint density at radius 1 is 1.32 bits per heavy atom. The number of carbonyl (C=O) groups is 1. The molecule has 2 rings (SSSR count). The molecule has 1 N–H and O–H groups in total. The molecule has 7 heteroatoms. The van der Waals surface area contributed by atoms with Crippen LogP contribution >= 0.6 is 24.0 Å². The minimum atomic E-state index is -0.101. The van der Waals surface area contributed by atoms with Crippen LogP contribution < -0.4 is 10.1 Å². The lowest BCUT2D eigenvalue weighted by Gasteiger charge is -2.33. The van der Waals surface area contributed by atoms with Gasteiger partial charge in [-0.3, -0.25) is 9.79 Å². The summed E-state index contributed by atoms with van der Waals surface area (Å²) in [6.07, 6.45) is 2.52. The summed E-state index contributed by atoms with van der Waals surface area (Å²) in [7, 11) is 4.92. The summed E-state index contributed by atoms with van der Waals surface area (Å²) in [4.78, 5) is 18.2. The van der Waals surface area contributed by atoms with Crippen molar-refractivity contribution in [3.8, 4) is 5.75 Å². The molecule has 1 heterocycles. The molecule has 140 valence electrons. The van der Waals surface area contributed by atoms with Crippen molar-refractivity contribution in [3.63, 3.8) is 0 Å². The number of benzene rings is 1. The number of nitrogens with zero attached hydrogens (tertiary/aromatic N) is 2. The van der Waals surface area contributed by atoms with E-state index in [1.54, 1.807) is 14.2 Å². The topological polar surface area (TPSA) is 63.2 Å². The highest BCUT2D eigenvalue weighted by molar-refractivity contribution is 14.0. The molecule has 0 spiro atoms. The molecule has 0 unspecified atom stereocenters. The largest absolute Gasteiger partial charge is 0.497 e. The highest BCUT2D eigenvalue weighted by atomic mass is 127. The van der Waals surface area contributed by atoms with E-state index in [2.05, 4.69) is 21.3 Å². The molecule has 25 heavy (non-hydrogen) atoms. The lowest BCUT2D eigenvalue weighted by molar-refractivity contribution is -0.146. The van der Waals surface area contributed by atoms with Crippen molar-refractivity contribution >= 4 is 35.9 Å². The molecule has 0 amide bonds. The number of hydrogen-bond acceptors (Lipinski definition) is 4. The molecule has 0 radical (unpaired) electrons. The first-order valence-electron chi connectivity index (χ1n) is 8.34. The Bertz CT molecular complexity index is 572. The third-order valence-corrected chi connectivity index (χ3v) is 4.37. The summed E-state index contributed by atoms with van der Waals surface area (Å²) in [5.41, 5.74) is 1.22. The molecule has 0 aliphatic carbocycles. The third-order valence-electron chi connectivity index (χ3n) is 4.37. The van der Waals surface area contributed by atoms with Crippen LogP contribution in [0.5, 0.6) is 5.75 Å². The Morgan fingerprint density at radius 2 is 2.04 bits per heavy atom. The van der Waals surface area contributed by atoms with Gasteiger partial charge in [-0.2, -0.15) is 0 Å². The van der Waals surface area contributed by atoms with E-state index < -0.39 is 0 Å². The van der Waals surface area contributed by atoms with Gasteiger partial charge in [0, 0.05) is 26.7 Å². The number of piperidine rings is 1. The Labute approximate surface area is 167 Å². The maximum Gasteiger partial charge on any atom is 0.308 e. The summed E-state index contributed by atoms with van der Waals surface area (Å²) in [5.74, 6) is 1.68. The first-order chi connectivity index (χ1) is 11.7. The Kier molecular flexibility index (Phi) is 9.62. The first-order valence-corrected chi connectivity index (χ1v) is 8.34. The van der Waals surface area contributed by atoms with Crippen LogP contribution in [0.25, 0.3) is 0 Å². The maximum atomic E-state index is 11.6. The van der Waals surface area contributed by atoms with Crippen LogP contribution in [-0.4, -0.2) is 57.7 Å². The predicted molar refractivity (Wildman–Crippen MR) is 110 cm³/mol. The molecule has 0 saturated carbocycles. The molecular weight excluding hydrogens is 433 g/mol. The Morgan fingerprint density at radius 3 is 2.64 bits per heavy atom. The fourth-order valence-electron chi connectivity index (χ4n) is 2.97. The smallest absolute Gasteiger partial charge is 0.308 e. The van der Waals surface area contributed by atoms with E-state index >= 15 is 0 Å². The molecule has 1 aliphatic rings. The SMILES string of the molecule is CN=C(NCCc1cccc(OC)c1)N1CCC(C(=O)OC)CC1.I. The average molecular weight is 461 g/mol. The van der Waals surface area contributed by atoms with Crippen LogP contribution in [0, 0.1) is 5.92 Å². The zero-order valence-corrected chi connectivity index (χ0v) is 17.5. The highest BCUT2D eigenvalue weighted by Gasteiger charge is 2.26. The molecule has 1 saturated heterocycles. The molecule has 0 bridgehead atoms.